The van der Waals surface area contributed by atoms with Gasteiger partial charge in [0.05, 0.1) is 11.3 Å². The molecule has 35 heavy (non-hydrogen) atoms. The van der Waals surface area contributed by atoms with Crippen molar-refractivity contribution in [3.63, 3.8) is 0 Å². The molecule has 3 aromatic rings. The molecular formula is C27H35N5O2S. The van der Waals surface area contributed by atoms with E-state index in [0.717, 1.165) is 34.4 Å². The van der Waals surface area contributed by atoms with Gasteiger partial charge in [0.25, 0.3) is 5.91 Å². The second kappa shape index (κ2) is 11.2. The summed E-state index contributed by atoms with van der Waals surface area (Å²) in [6.07, 6.45) is 3.46. The van der Waals surface area contributed by atoms with Gasteiger partial charge in [0.1, 0.15) is 9.92 Å². The Labute approximate surface area is 209 Å². The van der Waals surface area contributed by atoms with Crippen LogP contribution in [0.5, 0.6) is 0 Å². The number of carbonyl (C=O) groups is 1. The Morgan fingerprint density at radius 2 is 1.54 bits per heavy atom. The minimum atomic E-state index is -3.35. The molecule has 1 atom stereocenters. The molecule has 0 aliphatic carbocycles. The van der Waals surface area contributed by atoms with E-state index in [1.54, 1.807) is 30.6 Å². The van der Waals surface area contributed by atoms with Gasteiger partial charge in [-0.3, -0.25) is 4.79 Å². The molecule has 0 bridgehead atoms. The summed E-state index contributed by atoms with van der Waals surface area (Å²) in [5.74, 6) is 0.458. The Bertz CT molecular complexity index is 1260. The lowest BCUT2D eigenvalue weighted by molar-refractivity contribution is -0.117. The first-order valence-corrected chi connectivity index (χ1v) is 13.3. The van der Waals surface area contributed by atoms with Gasteiger partial charge < -0.3 is 4.90 Å². The fourth-order valence-electron chi connectivity index (χ4n) is 4.07. The average Bonchev–Trinajstić information content (AvgIpc) is 2.79. The number of hydrogen-bond acceptors (Lipinski definition) is 5. The van der Waals surface area contributed by atoms with Crippen molar-refractivity contribution in [2.45, 2.75) is 57.4 Å². The van der Waals surface area contributed by atoms with Crippen molar-refractivity contribution in [1.82, 2.24) is 14.9 Å². The molecule has 7 nitrogen and oxygen atoms in total. The summed E-state index contributed by atoms with van der Waals surface area (Å²) in [5, 5.41) is 6.05. The highest BCUT2D eigenvalue weighted by molar-refractivity contribution is 7.91. The Balaban J connectivity index is 1.98. The lowest BCUT2D eigenvalue weighted by Crippen LogP contribution is -2.17. The van der Waals surface area contributed by atoms with Crippen LogP contribution in [0.3, 0.4) is 0 Å². The van der Waals surface area contributed by atoms with E-state index in [-0.39, 0.29) is 18.3 Å². The van der Waals surface area contributed by atoms with E-state index in [0.29, 0.717) is 10.7 Å². The maximum absolute atomic E-state index is 13.2. The minimum absolute atomic E-state index is 0.0316. The molecule has 0 aliphatic rings. The molecule has 0 saturated carbocycles. The monoisotopic (exact) mass is 493 g/mol. The molecule has 1 aromatic heterocycles. The van der Waals surface area contributed by atoms with Crippen LogP contribution < -0.4 is 5.14 Å². The predicted molar refractivity (Wildman–Crippen MR) is 141 cm³/mol. The largest absolute Gasteiger partial charge is 0.305 e. The Morgan fingerprint density at radius 3 is 2.03 bits per heavy atom. The lowest BCUT2D eigenvalue weighted by atomic mass is 9.85. The first-order valence-electron chi connectivity index (χ1n) is 11.7. The fourth-order valence-corrected chi connectivity index (χ4v) is 5.07. The lowest BCUT2D eigenvalue weighted by Gasteiger charge is -2.20. The van der Waals surface area contributed by atoms with Gasteiger partial charge in [-0.25, -0.2) is 19.3 Å². The van der Waals surface area contributed by atoms with E-state index in [9.17, 15) is 9.00 Å². The van der Waals surface area contributed by atoms with E-state index >= 15 is 0 Å². The topological polar surface area (TPSA) is 102 Å². The van der Waals surface area contributed by atoms with Gasteiger partial charge in [0.2, 0.25) is 0 Å². The van der Waals surface area contributed by atoms with Crippen LogP contribution >= 0.6 is 0 Å². The van der Waals surface area contributed by atoms with Gasteiger partial charge >= 0.3 is 0 Å². The normalized spacial score (nSPS) is 13.3. The predicted octanol–water partition coefficient (Wildman–Crippen LogP) is 4.92. The van der Waals surface area contributed by atoms with Crippen LogP contribution in [0.2, 0.25) is 0 Å². The van der Waals surface area contributed by atoms with Gasteiger partial charge in [0, 0.05) is 24.5 Å². The number of rotatable bonds is 8. The molecule has 0 saturated heterocycles. The number of hydrogen-bond donors (Lipinski definition) is 1. The molecule has 1 amide bonds. The maximum atomic E-state index is 13.2. The molecule has 0 spiro atoms. The summed E-state index contributed by atoms with van der Waals surface area (Å²) in [6.45, 7) is 9.09. The van der Waals surface area contributed by atoms with Crippen LogP contribution in [0, 0.1) is 0 Å². The van der Waals surface area contributed by atoms with Crippen LogP contribution in [0.15, 0.2) is 64.1 Å². The van der Waals surface area contributed by atoms with Gasteiger partial charge in [-0.2, -0.15) is 0 Å². The molecule has 0 aliphatic heterocycles. The van der Waals surface area contributed by atoms with Gasteiger partial charge in [0.15, 0.2) is 5.82 Å². The van der Waals surface area contributed by atoms with Crippen molar-refractivity contribution in [3.05, 3.63) is 77.1 Å². The van der Waals surface area contributed by atoms with Crippen LogP contribution in [-0.4, -0.2) is 39.1 Å². The SMILES string of the molecule is CC(C)c1cc(-c2ncccn2)cc(C(C)C)c1CC(=O)N=S(N)(=O)c1ccc(CN(C)C)cc1. The molecule has 186 valence electrons. The van der Waals surface area contributed by atoms with E-state index in [2.05, 4.69) is 42.0 Å². The van der Waals surface area contributed by atoms with Crippen LogP contribution in [0.25, 0.3) is 11.4 Å². The molecule has 2 N–H and O–H groups in total. The van der Waals surface area contributed by atoms with Gasteiger partial charge in [-0.1, -0.05) is 39.8 Å². The molecular weight excluding hydrogens is 458 g/mol. The van der Waals surface area contributed by atoms with E-state index in [4.69, 9.17) is 5.14 Å². The first kappa shape index (κ1) is 26.7. The zero-order valence-corrected chi connectivity index (χ0v) is 22.2. The van der Waals surface area contributed by atoms with Crippen molar-refractivity contribution in [1.29, 1.82) is 0 Å². The number of carbonyl (C=O) groups excluding carboxylic acids is 1. The summed E-state index contributed by atoms with van der Waals surface area (Å²) in [4.78, 5) is 24.2. The first-order chi connectivity index (χ1) is 16.5. The smallest absolute Gasteiger partial charge is 0.259 e. The highest BCUT2D eigenvalue weighted by atomic mass is 32.2. The molecule has 3 rings (SSSR count). The van der Waals surface area contributed by atoms with E-state index < -0.39 is 15.8 Å². The molecule has 2 aromatic carbocycles. The zero-order chi connectivity index (χ0) is 25.8. The summed E-state index contributed by atoms with van der Waals surface area (Å²) < 4.78 is 17.1. The van der Waals surface area contributed by atoms with Crippen molar-refractivity contribution in [2.24, 2.45) is 9.50 Å². The van der Waals surface area contributed by atoms with Crippen LogP contribution in [-0.2, 0) is 27.7 Å². The zero-order valence-electron chi connectivity index (χ0n) is 21.4. The number of nitrogens with zero attached hydrogens (tertiary/aromatic N) is 4. The summed E-state index contributed by atoms with van der Waals surface area (Å²) in [7, 11) is 0.603. The third kappa shape index (κ3) is 6.81. The molecule has 0 fully saturated rings. The Morgan fingerprint density at radius 1 is 1.00 bits per heavy atom. The van der Waals surface area contributed by atoms with Gasteiger partial charge in [-0.15, -0.1) is 4.36 Å². The second-order valence-corrected chi connectivity index (χ2v) is 11.4. The fraction of sp³-hybridized carbons (Fsp3) is 0.370. The van der Waals surface area contributed by atoms with Crippen molar-refractivity contribution >= 4 is 15.8 Å². The number of aromatic nitrogens is 2. The summed E-state index contributed by atoms with van der Waals surface area (Å²) in [5.41, 5.74) is 4.93. The highest BCUT2D eigenvalue weighted by Crippen LogP contribution is 2.33. The summed E-state index contributed by atoms with van der Waals surface area (Å²) >= 11 is 0. The average molecular weight is 494 g/mol. The molecule has 1 heterocycles. The third-order valence-electron chi connectivity index (χ3n) is 5.71. The second-order valence-electron chi connectivity index (χ2n) is 9.63. The van der Waals surface area contributed by atoms with Crippen LogP contribution in [0.4, 0.5) is 0 Å². The number of nitrogens with two attached hydrogens (primary N) is 1. The minimum Gasteiger partial charge on any atom is -0.305 e. The van der Waals surface area contributed by atoms with E-state index in [1.165, 1.54) is 0 Å². The summed E-state index contributed by atoms with van der Waals surface area (Å²) in [6, 6.07) is 13.0. The molecule has 1 unspecified atom stereocenters. The van der Waals surface area contributed by atoms with Gasteiger partial charge in [-0.05, 0) is 78.5 Å². The molecule has 0 radical (unpaired) electrons. The molecule has 8 heteroatoms. The van der Waals surface area contributed by atoms with Crippen molar-refractivity contribution in [3.8, 4) is 11.4 Å². The maximum Gasteiger partial charge on any atom is 0.259 e. The number of amides is 1. The Hall–Kier alpha value is -2.94. The van der Waals surface area contributed by atoms with Crippen molar-refractivity contribution < 1.29 is 9.00 Å². The van der Waals surface area contributed by atoms with Crippen LogP contribution in [0.1, 0.15) is 61.8 Å². The highest BCUT2D eigenvalue weighted by Gasteiger charge is 2.20. The standard InChI is InChI=1S/C27H35N5O2S/c1-18(2)23-14-21(27-29-12-7-13-30-27)15-24(19(3)4)25(23)16-26(33)31-35(28,34)22-10-8-20(9-11-22)17-32(5)6/h7-15,18-19H,16-17H2,1-6H3,(H2,28,31,33,34). The number of benzene rings is 2. The quantitative estimate of drug-likeness (QED) is 0.480. The van der Waals surface area contributed by atoms with Crippen molar-refractivity contribution in [2.75, 3.05) is 14.1 Å². The van der Waals surface area contributed by atoms with E-state index in [1.807, 2.05) is 43.3 Å². The Kier molecular flexibility index (Phi) is 8.53. The third-order valence-corrected chi connectivity index (χ3v) is 7.13.